The minimum atomic E-state index is -0.584. The lowest BCUT2D eigenvalue weighted by molar-refractivity contribution is 0.0533. The van der Waals surface area contributed by atoms with Crippen molar-refractivity contribution in [3.05, 3.63) is 15.3 Å². The van der Waals surface area contributed by atoms with Crippen molar-refractivity contribution in [3.8, 4) is 0 Å². The third kappa shape index (κ3) is 2.10. The number of hydrogen-bond donors (Lipinski definition) is 2. The molecule has 1 heterocycles. The molecule has 6 heteroatoms. The second-order valence-electron chi connectivity index (χ2n) is 2.88. The van der Waals surface area contributed by atoms with E-state index in [9.17, 15) is 9.59 Å². The molecule has 1 aromatic heterocycles. The number of amides is 1. The summed E-state index contributed by atoms with van der Waals surface area (Å²) in [4.78, 5) is 22.9. The molecule has 82 valence electrons. The summed E-state index contributed by atoms with van der Waals surface area (Å²) in [6.45, 7) is 3.61. The lowest BCUT2D eigenvalue weighted by Gasteiger charge is -1.99. The van der Waals surface area contributed by atoms with Crippen molar-refractivity contribution >= 4 is 28.9 Å². The van der Waals surface area contributed by atoms with Gasteiger partial charge in [0.1, 0.15) is 4.88 Å². The number of carbonyl (C=O) groups excluding carboxylic acids is 2. The standard InChI is InChI=1S/C9H12N2O3S/c1-3-14-9(13)7-5(10)4(2)6(15-7)8(11)12/h3,10H2,1-2H3,(H2,11,12). The molecule has 0 aliphatic carbocycles. The number of hydrogen-bond acceptors (Lipinski definition) is 5. The molecular formula is C9H12N2O3S. The Morgan fingerprint density at radius 3 is 2.40 bits per heavy atom. The summed E-state index contributed by atoms with van der Waals surface area (Å²) in [5, 5.41) is 0. The number of nitrogen functional groups attached to an aromatic ring is 1. The predicted octanol–water partition coefficient (Wildman–Crippen LogP) is 0.914. The molecular weight excluding hydrogens is 216 g/mol. The monoisotopic (exact) mass is 228 g/mol. The van der Waals surface area contributed by atoms with Crippen LogP contribution in [0.4, 0.5) is 5.69 Å². The van der Waals surface area contributed by atoms with Gasteiger partial charge in [0.25, 0.3) is 5.91 Å². The van der Waals surface area contributed by atoms with Crippen LogP contribution in [-0.4, -0.2) is 18.5 Å². The largest absolute Gasteiger partial charge is 0.462 e. The Kier molecular flexibility index (Phi) is 3.31. The highest BCUT2D eigenvalue weighted by atomic mass is 32.1. The molecule has 0 spiro atoms. The number of esters is 1. The van der Waals surface area contributed by atoms with Gasteiger partial charge in [0, 0.05) is 0 Å². The predicted molar refractivity (Wildman–Crippen MR) is 57.9 cm³/mol. The van der Waals surface area contributed by atoms with Crippen molar-refractivity contribution in [1.82, 2.24) is 0 Å². The lowest BCUT2D eigenvalue weighted by Crippen LogP contribution is -2.10. The van der Waals surface area contributed by atoms with E-state index < -0.39 is 11.9 Å². The van der Waals surface area contributed by atoms with Crippen LogP contribution in [0.25, 0.3) is 0 Å². The highest BCUT2D eigenvalue weighted by molar-refractivity contribution is 7.16. The smallest absolute Gasteiger partial charge is 0.350 e. The van der Waals surface area contributed by atoms with Crippen LogP contribution in [0.5, 0.6) is 0 Å². The Morgan fingerprint density at radius 2 is 2.00 bits per heavy atom. The van der Waals surface area contributed by atoms with E-state index in [4.69, 9.17) is 16.2 Å². The summed E-state index contributed by atoms with van der Waals surface area (Å²) in [5.74, 6) is -1.10. The quantitative estimate of drug-likeness (QED) is 0.752. The molecule has 4 N–H and O–H groups in total. The number of primary amides is 1. The van der Waals surface area contributed by atoms with E-state index in [0.29, 0.717) is 10.4 Å². The van der Waals surface area contributed by atoms with Gasteiger partial charge in [-0.05, 0) is 19.4 Å². The lowest BCUT2D eigenvalue weighted by atomic mass is 10.2. The number of carbonyl (C=O) groups is 2. The van der Waals surface area contributed by atoms with E-state index >= 15 is 0 Å². The Hall–Kier alpha value is -1.56. The normalized spacial score (nSPS) is 10.0. The topological polar surface area (TPSA) is 95.4 Å². The van der Waals surface area contributed by atoms with Crippen LogP contribution in [0.15, 0.2) is 0 Å². The van der Waals surface area contributed by atoms with Crippen LogP contribution in [0.3, 0.4) is 0 Å². The van der Waals surface area contributed by atoms with Gasteiger partial charge in [-0.1, -0.05) is 0 Å². The molecule has 0 atom stereocenters. The molecule has 0 radical (unpaired) electrons. The van der Waals surface area contributed by atoms with Crippen LogP contribution < -0.4 is 11.5 Å². The zero-order valence-electron chi connectivity index (χ0n) is 8.49. The molecule has 0 saturated heterocycles. The fraction of sp³-hybridized carbons (Fsp3) is 0.333. The van der Waals surface area contributed by atoms with Gasteiger partial charge in [-0.15, -0.1) is 11.3 Å². The van der Waals surface area contributed by atoms with Gasteiger partial charge in [-0.3, -0.25) is 4.79 Å². The van der Waals surface area contributed by atoms with Crippen LogP contribution in [-0.2, 0) is 4.74 Å². The summed E-state index contributed by atoms with van der Waals surface area (Å²) in [6.07, 6.45) is 0. The molecule has 5 nitrogen and oxygen atoms in total. The minimum absolute atomic E-state index is 0.239. The van der Waals surface area contributed by atoms with Crippen molar-refractivity contribution in [2.75, 3.05) is 12.3 Å². The maximum absolute atomic E-state index is 11.4. The molecule has 15 heavy (non-hydrogen) atoms. The molecule has 0 bridgehead atoms. The Labute approximate surface area is 91.0 Å². The Balaban J connectivity index is 3.16. The van der Waals surface area contributed by atoms with Crippen LogP contribution in [0.1, 0.15) is 31.8 Å². The van der Waals surface area contributed by atoms with Crippen molar-refractivity contribution in [2.24, 2.45) is 5.73 Å². The molecule has 0 aromatic carbocycles. The van der Waals surface area contributed by atoms with E-state index in [-0.39, 0.29) is 17.2 Å². The summed E-state index contributed by atoms with van der Waals surface area (Å²) in [7, 11) is 0. The number of anilines is 1. The second kappa shape index (κ2) is 4.31. The van der Waals surface area contributed by atoms with Gasteiger partial charge in [0.05, 0.1) is 17.2 Å². The summed E-state index contributed by atoms with van der Waals surface area (Å²) in [5.41, 5.74) is 11.6. The number of thiophene rings is 1. The zero-order chi connectivity index (χ0) is 11.6. The van der Waals surface area contributed by atoms with E-state index in [0.717, 1.165) is 11.3 Å². The number of ether oxygens (including phenoxy) is 1. The molecule has 0 fully saturated rings. The first-order valence-electron chi connectivity index (χ1n) is 4.34. The van der Waals surface area contributed by atoms with E-state index in [2.05, 4.69) is 0 Å². The molecule has 0 aliphatic heterocycles. The van der Waals surface area contributed by atoms with Crippen LogP contribution >= 0.6 is 11.3 Å². The molecule has 1 amide bonds. The van der Waals surface area contributed by atoms with E-state index in [1.807, 2.05) is 0 Å². The van der Waals surface area contributed by atoms with Crippen molar-refractivity contribution in [2.45, 2.75) is 13.8 Å². The summed E-state index contributed by atoms with van der Waals surface area (Å²) < 4.78 is 4.80. The van der Waals surface area contributed by atoms with Crippen LogP contribution in [0.2, 0.25) is 0 Å². The Bertz CT molecular complexity index is 412. The van der Waals surface area contributed by atoms with Gasteiger partial charge in [0.15, 0.2) is 0 Å². The van der Waals surface area contributed by atoms with Crippen molar-refractivity contribution in [3.63, 3.8) is 0 Å². The van der Waals surface area contributed by atoms with Gasteiger partial charge >= 0.3 is 5.97 Å². The number of rotatable bonds is 3. The number of nitrogens with two attached hydrogens (primary N) is 2. The maximum atomic E-state index is 11.4. The van der Waals surface area contributed by atoms with Crippen molar-refractivity contribution < 1.29 is 14.3 Å². The average Bonchev–Trinajstić information content (AvgIpc) is 2.45. The van der Waals surface area contributed by atoms with E-state index in [1.165, 1.54) is 0 Å². The van der Waals surface area contributed by atoms with Gasteiger partial charge in [0.2, 0.25) is 0 Å². The highest BCUT2D eigenvalue weighted by Crippen LogP contribution is 2.30. The van der Waals surface area contributed by atoms with Gasteiger partial charge in [-0.25, -0.2) is 4.79 Å². The molecule has 1 rings (SSSR count). The first kappa shape index (κ1) is 11.5. The van der Waals surface area contributed by atoms with Gasteiger partial charge in [-0.2, -0.15) is 0 Å². The van der Waals surface area contributed by atoms with Crippen LogP contribution in [0, 0.1) is 6.92 Å². The molecule has 0 unspecified atom stereocenters. The molecule has 0 aliphatic rings. The fourth-order valence-electron chi connectivity index (χ4n) is 1.11. The first-order valence-corrected chi connectivity index (χ1v) is 5.16. The molecule has 0 saturated carbocycles. The summed E-state index contributed by atoms with van der Waals surface area (Å²) in [6, 6.07) is 0. The van der Waals surface area contributed by atoms with Crippen molar-refractivity contribution in [1.29, 1.82) is 0 Å². The highest BCUT2D eigenvalue weighted by Gasteiger charge is 2.21. The minimum Gasteiger partial charge on any atom is -0.462 e. The average molecular weight is 228 g/mol. The third-order valence-electron chi connectivity index (χ3n) is 1.88. The first-order chi connectivity index (χ1) is 6.99. The van der Waals surface area contributed by atoms with E-state index in [1.54, 1.807) is 13.8 Å². The second-order valence-corrected chi connectivity index (χ2v) is 3.90. The third-order valence-corrected chi connectivity index (χ3v) is 3.18. The summed E-state index contributed by atoms with van der Waals surface area (Å²) >= 11 is 0.968. The zero-order valence-corrected chi connectivity index (χ0v) is 9.31. The Morgan fingerprint density at radius 1 is 1.40 bits per heavy atom. The SMILES string of the molecule is CCOC(=O)c1sc(C(N)=O)c(C)c1N. The van der Waals surface area contributed by atoms with Gasteiger partial charge < -0.3 is 16.2 Å². The fourth-order valence-corrected chi connectivity index (χ4v) is 2.08. The maximum Gasteiger partial charge on any atom is 0.350 e. The molecule has 1 aromatic rings.